The average Bonchev–Trinajstić information content (AvgIpc) is 2.74. The first-order valence-corrected chi connectivity index (χ1v) is 11.2. The molecule has 32 heavy (non-hydrogen) atoms. The summed E-state index contributed by atoms with van der Waals surface area (Å²) in [6, 6.07) is 11.3. The molecule has 2 aromatic rings. The molecule has 3 rings (SSSR count). The molecule has 0 spiro atoms. The van der Waals surface area contributed by atoms with Crippen LogP contribution in [0.1, 0.15) is 11.1 Å². The minimum Gasteiger partial charge on any atom is -0.298 e. The summed E-state index contributed by atoms with van der Waals surface area (Å²) in [7, 11) is -3.87. The molecular weight excluding hydrogens is 454 g/mol. The third kappa shape index (κ3) is 4.79. The van der Waals surface area contributed by atoms with Gasteiger partial charge in [0.05, 0.1) is 15.6 Å². The quantitative estimate of drug-likeness (QED) is 0.164. The van der Waals surface area contributed by atoms with Crippen molar-refractivity contribution in [2.24, 2.45) is 0 Å². The van der Waals surface area contributed by atoms with Crippen molar-refractivity contribution in [3.8, 4) is 0 Å². The number of nitrogens with one attached hydrogen (secondary N) is 1. The zero-order chi connectivity index (χ0) is 23.5. The van der Waals surface area contributed by atoms with Gasteiger partial charge in [0.1, 0.15) is 5.57 Å². The molecule has 0 radical (unpaired) electrons. The first-order valence-electron chi connectivity index (χ1n) is 9.19. The number of nitro benzene ring substituents is 1. The molecule has 2 aromatic carbocycles. The molecule has 11 heteroatoms. The zero-order valence-corrected chi connectivity index (χ0v) is 18.2. The van der Waals surface area contributed by atoms with Crippen LogP contribution in [0.2, 0.25) is 0 Å². The Labute approximate surface area is 189 Å². The highest BCUT2D eigenvalue weighted by molar-refractivity contribution is 7.90. The summed E-state index contributed by atoms with van der Waals surface area (Å²) in [6.45, 7) is 3.62. The van der Waals surface area contributed by atoms with Crippen LogP contribution < -0.4 is 5.32 Å². The van der Waals surface area contributed by atoms with Gasteiger partial charge in [-0.15, -0.1) is 6.58 Å². The first-order chi connectivity index (χ1) is 15.1. The third-order valence-corrected chi connectivity index (χ3v) is 6.56. The maximum Gasteiger partial charge on any atom is 0.273 e. The molecule has 1 N–H and O–H groups in total. The first kappa shape index (κ1) is 23.0. The minimum atomic E-state index is -3.87. The molecule has 164 valence electrons. The normalized spacial score (nSPS) is 15.6. The molecule has 0 aromatic heterocycles. The Kier molecular flexibility index (Phi) is 6.61. The third-order valence-electron chi connectivity index (χ3n) is 4.56. The number of hydrogen-bond acceptors (Lipinski definition) is 7. The van der Waals surface area contributed by atoms with Crippen molar-refractivity contribution in [3.05, 3.63) is 88.0 Å². The average molecular weight is 472 g/mol. The van der Waals surface area contributed by atoms with E-state index in [-0.39, 0.29) is 38.9 Å². The van der Waals surface area contributed by atoms with E-state index in [4.69, 9.17) is 12.2 Å². The SMILES string of the molecule is C=CCN1C(=O)C(=Cc2ccc([N+](=O)[O-])c(CS(=O)(=O)c3ccccc3)c2)C(=O)NC1=S. The number of thiocarbonyl (C=S) groups is 1. The lowest BCUT2D eigenvalue weighted by Crippen LogP contribution is -2.53. The molecule has 9 nitrogen and oxygen atoms in total. The maximum absolute atomic E-state index is 12.7. The van der Waals surface area contributed by atoms with Crippen LogP contribution in [0.25, 0.3) is 6.08 Å². The molecule has 2 amide bonds. The minimum absolute atomic E-state index is 0.0217. The molecule has 1 fully saturated rings. The Bertz CT molecular complexity index is 1270. The van der Waals surface area contributed by atoms with Gasteiger partial charge >= 0.3 is 0 Å². The van der Waals surface area contributed by atoms with Crippen molar-refractivity contribution in [1.82, 2.24) is 10.2 Å². The number of sulfone groups is 1. The van der Waals surface area contributed by atoms with E-state index < -0.39 is 32.3 Å². The summed E-state index contributed by atoms with van der Waals surface area (Å²) >= 11 is 4.99. The summed E-state index contributed by atoms with van der Waals surface area (Å²) in [5, 5.41) is 13.8. The molecule has 0 unspecified atom stereocenters. The van der Waals surface area contributed by atoms with Gasteiger partial charge < -0.3 is 0 Å². The number of carbonyl (C=O) groups is 2. The van der Waals surface area contributed by atoms with Gasteiger partial charge in [-0.3, -0.25) is 29.9 Å². The van der Waals surface area contributed by atoms with Crippen LogP contribution >= 0.6 is 12.2 Å². The summed E-state index contributed by atoms with van der Waals surface area (Å²) in [5.74, 6) is -2.01. The number of carbonyl (C=O) groups excluding carboxylic acids is 2. The van der Waals surface area contributed by atoms with E-state index >= 15 is 0 Å². The Morgan fingerprint density at radius 1 is 1.16 bits per heavy atom. The number of rotatable bonds is 7. The Morgan fingerprint density at radius 3 is 2.47 bits per heavy atom. The zero-order valence-electron chi connectivity index (χ0n) is 16.6. The van der Waals surface area contributed by atoms with Crippen molar-refractivity contribution in [2.75, 3.05) is 6.54 Å². The van der Waals surface area contributed by atoms with Crippen LogP contribution in [0.5, 0.6) is 0 Å². The Hall–Kier alpha value is -3.70. The van der Waals surface area contributed by atoms with Crippen LogP contribution in [-0.4, -0.2) is 41.7 Å². The second kappa shape index (κ2) is 9.20. The highest BCUT2D eigenvalue weighted by atomic mass is 32.2. The highest BCUT2D eigenvalue weighted by Gasteiger charge is 2.32. The van der Waals surface area contributed by atoms with Gasteiger partial charge in [-0.05, 0) is 48.1 Å². The predicted molar refractivity (Wildman–Crippen MR) is 121 cm³/mol. The Morgan fingerprint density at radius 2 is 1.84 bits per heavy atom. The van der Waals surface area contributed by atoms with Gasteiger partial charge in [-0.2, -0.15) is 0 Å². The van der Waals surface area contributed by atoms with E-state index in [0.29, 0.717) is 0 Å². The lowest BCUT2D eigenvalue weighted by Gasteiger charge is -2.27. The number of amides is 2. The lowest BCUT2D eigenvalue weighted by atomic mass is 10.0. The van der Waals surface area contributed by atoms with Gasteiger partial charge in [-0.25, -0.2) is 8.42 Å². The molecule has 0 atom stereocenters. The van der Waals surface area contributed by atoms with Gasteiger partial charge in [-0.1, -0.05) is 24.3 Å². The van der Waals surface area contributed by atoms with Crippen LogP contribution in [0.3, 0.4) is 0 Å². The summed E-state index contributed by atoms with van der Waals surface area (Å²) in [6.07, 6.45) is 2.68. The van der Waals surface area contributed by atoms with E-state index in [1.165, 1.54) is 36.4 Å². The van der Waals surface area contributed by atoms with Crippen LogP contribution in [0.4, 0.5) is 5.69 Å². The smallest absolute Gasteiger partial charge is 0.273 e. The fraction of sp³-hybridized carbons (Fsp3) is 0.0952. The molecule has 0 bridgehead atoms. The fourth-order valence-corrected chi connectivity index (χ4v) is 4.69. The standard InChI is InChI=1S/C21H17N3O6S2/c1-2-10-23-20(26)17(19(25)22-21(23)31)12-14-8-9-18(24(27)28)15(11-14)13-32(29,30)16-6-4-3-5-7-16/h2-9,11-12H,1,10,13H2,(H,22,25,31). The Balaban J connectivity index is 2.03. The fourth-order valence-electron chi connectivity index (χ4n) is 3.06. The summed E-state index contributed by atoms with van der Waals surface area (Å²) in [4.78, 5) is 36.9. The second-order valence-electron chi connectivity index (χ2n) is 6.74. The van der Waals surface area contributed by atoms with Crippen molar-refractivity contribution < 1.29 is 22.9 Å². The number of hydrogen-bond donors (Lipinski definition) is 1. The van der Waals surface area contributed by atoms with Crippen molar-refractivity contribution >= 4 is 50.7 Å². The van der Waals surface area contributed by atoms with E-state index in [0.717, 1.165) is 11.0 Å². The molecule has 1 heterocycles. The molecular formula is C21H17N3O6S2. The van der Waals surface area contributed by atoms with Gasteiger partial charge in [0, 0.05) is 18.2 Å². The predicted octanol–water partition coefficient (Wildman–Crippen LogP) is 2.38. The van der Waals surface area contributed by atoms with Gasteiger partial charge in [0.2, 0.25) is 0 Å². The van der Waals surface area contributed by atoms with Gasteiger partial charge in [0.15, 0.2) is 14.9 Å². The van der Waals surface area contributed by atoms with Crippen molar-refractivity contribution in [1.29, 1.82) is 0 Å². The largest absolute Gasteiger partial charge is 0.298 e. The number of nitrogens with zero attached hydrogens (tertiary/aromatic N) is 2. The summed E-state index contributed by atoms with van der Waals surface area (Å²) < 4.78 is 25.5. The van der Waals surface area contributed by atoms with Crippen LogP contribution in [-0.2, 0) is 25.2 Å². The topological polar surface area (TPSA) is 127 Å². The van der Waals surface area contributed by atoms with E-state index in [2.05, 4.69) is 11.9 Å². The number of nitro groups is 1. The van der Waals surface area contributed by atoms with E-state index in [1.807, 2.05) is 0 Å². The van der Waals surface area contributed by atoms with Crippen LogP contribution in [0, 0.1) is 10.1 Å². The second-order valence-corrected chi connectivity index (χ2v) is 9.12. The van der Waals surface area contributed by atoms with Crippen molar-refractivity contribution in [2.45, 2.75) is 10.6 Å². The molecule has 0 aliphatic carbocycles. The van der Waals surface area contributed by atoms with Crippen molar-refractivity contribution in [3.63, 3.8) is 0 Å². The van der Waals surface area contributed by atoms with Gasteiger partial charge in [0.25, 0.3) is 17.5 Å². The highest BCUT2D eigenvalue weighted by Crippen LogP contribution is 2.26. The molecule has 1 saturated heterocycles. The summed E-state index contributed by atoms with van der Waals surface area (Å²) in [5.41, 5.74) is -0.458. The van der Waals surface area contributed by atoms with Crippen LogP contribution in [0.15, 0.2) is 71.7 Å². The van der Waals surface area contributed by atoms with E-state index in [9.17, 15) is 28.1 Å². The monoisotopic (exact) mass is 471 g/mol. The molecule has 1 aliphatic rings. The molecule has 0 saturated carbocycles. The maximum atomic E-state index is 12.7. The lowest BCUT2D eigenvalue weighted by molar-refractivity contribution is -0.385. The van der Waals surface area contributed by atoms with E-state index in [1.54, 1.807) is 18.2 Å². The molecule has 1 aliphatic heterocycles. The number of benzene rings is 2.